The van der Waals surface area contributed by atoms with Crippen LogP contribution in [0.2, 0.25) is 0 Å². The average Bonchev–Trinajstić information content (AvgIpc) is 2.46. The number of methoxy groups -OCH3 is 1. The molecule has 0 aliphatic rings. The average molecular weight is 335 g/mol. The molecule has 0 heterocycles. The Morgan fingerprint density at radius 2 is 1.90 bits per heavy atom. The fraction of sp³-hybridized carbons (Fsp3) is 0.0625. The van der Waals surface area contributed by atoms with Crippen LogP contribution in [0, 0.1) is 5.82 Å². The van der Waals surface area contributed by atoms with E-state index in [1.54, 1.807) is 43.5 Å². The van der Waals surface area contributed by atoms with Crippen molar-refractivity contribution >= 4 is 27.8 Å². The van der Waals surface area contributed by atoms with Crippen LogP contribution in [0.1, 0.15) is 15.9 Å². The van der Waals surface area contributed by atoms with Gasteiger partial charge in [0.25, 0.3) is 0 Å². The van der Waals surface area contributed by atoms with E-state index in [0.717, 1.165) is 0 Å². The second-order valence-corrected chi connectivity index (χ2v) is 5.01. The van der Waals surface area contributed by atoms with Gasteiger partial charge in [-0.1, -0.05) is 22.0 Å². The molecule has 0 spiro atoms. The molecule has 0 fully saturated rings. The minimum atomic E-state index is -0.377. The number of carbonyl (C=O) groups is 1. The summed E-state index contributed by atoms with van der Waals surface area (Å²) in [6, 6.07) is 11.4. The normalized spacial score (nSPS) is 10.8. The van der Waals surface area contributed by atoms with Crippen molar-refractivity contribution in [3.63, 3.8) is 0 Å². The second-order valence-electron chi connectivity index (χ2n) is 4.09. The third kappa shape index (κ3) is 3.54. The SMILES string of the molecule is COc1ccc(C(=O)/C=C/c2ccc(Br)cc2F)cc1. The summed E-state index contributed by atoms with van der Waals surface area (Å²) in [7, 11) is 1.56. The summed E-state index contributed by atoms with van der Waals surface area (Å²) >= 11 is 3.18. The summed E-state index contributed by atoms with van der Waals surface area (Å²) in [5.74, 6) is 0.123. The molecule has 2 nitrogen and oxygen atoms in total. The molecule has 0 radical (unpaired) electrons. The molecule has 102 valence electrons. The Morgan fingerprint density at radius 3 is 2.50 bits per heavy atom. The van der Waals surface area contributed by atoms with Crippen LogP contribution < -0.4 is 4.74 Å². The molecular weight excluding hydrogens is 323 g/mol. The largest absolute Gasteiger partial charge is 0.497 e. The van der Waals surface area contributed by atoms with E-state index in [1.165, 1.54) is 18.2 Å². The van der Waals surface area contributed by atoms with Gasteiger partial charge in [0, 0.05) is 15.6 Å². The summed E-state index contributed by atoms with van der Waals surface area (Å²) in [5, 5.41) is 0. The summed E-state index contributed by atoms with van der Waals surface area (Å²) in [4.78, 5) is 11.9. The summed E-state index contributed by atoms with van der Waals surface area (Å²) < 4.78 is 19.3. The van der Waals surface area contributed by atoms with Gasteiger partial charge in [-0.2, -0.15) is 0 Å². The fourth-order valence-corrected chi connectivity index (χ4v) is 1.99. The summed E-state index contributed by atoms with van der Waals surface area (Å²) in [6.07, 6.45) is 2.82. The predicted octanol–water partition coefficient (Wildman–Crippen LogP) is 4.49. The third-order valence-corrected chi connectivity index (χ3v) is 3.24. The van der Waals surface area contributed by atoms with E-state index in [1.807, 2.05) is 0 Å². The van der Waals surface area contributed by atoms with Crippen molar-refractivity contribution in [2.45, 2.75) is 0 Å². The lowest BCUT2D eigenvalue weighted by Crippen LogP contribution is -1.94. The Labute approximate surface area is 125 Å². The van der Waals surface area contributed by atoms with Gasteiger partial charge in [-0.3, -0.25) is 4.79 Å². The first-order chi connectivity index (χ1) is 9.60. The van der Waals surface area contributed by atoms with Gasteiger partial charge in [-0.05, 0) is 48.6 Å². The van der Waals surface area contributed by atoms with Crippen molar-refractivity contribution in [3.05, 3.63) is 70.0 Å². The maximum atomic E-state index is 13.6. The van der Waals surface area contributed by atoms with Crippen molar-refractivity contribution in [2.75, 3.05) is 7.11 Å². The monoisotopic (exact) mass is 334 g/mol. The molecule has 0 bridgehead atoms. The highest BCUT2D eigenvalue weighted by Crippen LogP contribution is 2.17. The maximum absolute atomic E-state index is 13.6. The van der Waals surface area contributed by atoms with E-state index in [0.29, 0.717) is 21.3 Å². The van der Waals surface area contributed by atoms with Gasteiger partial charge in [-0.25, -0.2) is 4.39 Å². The quantitative estimate of drug-likeness (QED) is 0.608. The summed E-state index contributed by atoms with van der Waals surface area (Å²) in [6.45, 7) is 0. The lowest BCUT2D eigenvalue weighted by Gasteiger charge is -2.00. The first-order valence-corrected chi connectivity index (χ1v) is 6.71. The van der Waals surface area contributed by atoms with Crippen molar-refractivity contribution < 1.29 is 13.9 Å². The van der Waals surface area contributed by atoms with Crippen LogP contribution in [-0.2, 0) is 0 Å². The molecule has 2 aromatic rings. The highest BCUT2D eigenvalue weighted by atomic mass is 79.9. The zero-order valence-corrected chi connectivity index (χ0v) is 12.4. The Morgan fingerprint density at radius 1 is 1.20 bits per heavy atom. The third-order valence-electron chi connectivity index (χ3n) is 2.75. The molecule has 20 heavy (non-hydrogen) atoms. The topological polar surface area (TPSA) is 26.3 Å². The zero-order valence-electron chi connectivity index (χ0n) is 10.8. The lowest BCUT2D eigenvalue weighted by molar-refractivity contribution is 0.104. The number of halogens is 2. The number of hydrogen-bond acceptors (Lipinski definition) is 2. The minimum Gasteiger partial charge on any atom is -0.497 e. The maximum Gasteiger partial charge on any atom is 0.185 e. The van der Waals surface area contributed by atoms with E-state index in [4.69, 9.17) is 4.74 Å². The lowest BCUT2D eigenvalue weighted by atomic mass is 10.1. The standard InChI is InChI=1S/C16H12BrFO2/c1-20-14-7-3-12(4-8-14)16(19)9-5-11-2-6-13(17)10-15(11)18/h2-10H,1H3/b9-5+. The van der Waals surface area contributed by atoms with E-state index in [2.05, 4.69) is 15.9 Å². The van der Waals surface area contributed by atoms with Crippen LogP contribution in [0.15, 0.2) is 53.0 Å². The smallest absolute Gasteiger partial charge is 0.185 e. The number of carbonyl (C=O) groups excluding carboxylic acids is 1. The Bertz CT molecular complexity index is 648. The van der Waals surface area contributed by atoms with Gasteiger partial charge in [-0.15, -0.1) is 0 Å². The van der Waals surface area contributed by atoms with Gasteiger partial charge in [0.1, 0.15) is 11.6 Å². The highest BCUT2D eigenvalue weighted by molar-refractivity contribution is 9.10. The Kier molecular flexibility index (Phi) is 4.69. The molecule has 0 atom stereocenters. The number of rotatable bonds is 4. The van der Waals surface area contributed by atoms with Crippen LogP contribution in [0.3, 0.4) is 0 Å². The van der Waals surface area contributed by atoms with Gasteiger partial charge < -0.3 is 4.74 Å². The molecule has 0 amide bonds. The molecule has 0 aliphatic heterocycles. The minimum absolute atomic E-state index is 0.185. The van der Waals surface area contributed by atoms with E-state index in [9.17, 15) is 9.18 Å². The van der Waals surface area contributed by atoms with Gasteiger partial charge in [0.05, 0.1) is 7.11 Å². The van der Waals surface area contributed by atoms with Crippen molar-refractivity contribution in [1.29, 1.82) is 0 Å². The first kappa shape index (κ1) is 14.5. The molecule has 0 saturated heterocycles. The molecule has 0 aromatic heterocycles. The molecule has 2 aromatic carbocycles. The molecular formula is C16H12BrFO2. The summed E-state index contributed by atoms with van der Waals surface area (Å²) in [5.41, 5.74) is 0.898. The van der Waals surface area contributed by atoms with E-state index >= 15 is 0 Å². The predicted molar refractivity (Wildman–Crippen MR) is 80.5 cm³/mol. The number of hydrogen-bond donors (Lipinski definition) is 0. The molecule has 0 aliphatic carbocycles. The number of ether oxygens (including phenoxy) is 1. The van der Waals surface area contributed by atoms with Crippen molar-refractivity contribution in [3.8, 4) is 5.75 Å². The van der Waals surface area contributed by atoms with Crippen molar-refractivity contribution in [1.82, 2.24) is 0 Å². The van der Waals surface area contributed by atoms with Gasteiger partial charge in [0.2, 0.25) is 0 Å². The zero-order chi connectivity index (χ0) is 14.5. The number of allylic oxidation sites excluding steroid dienone is 1. The van der Waals surface area contributed by atoms with Crippen LogP contribution in [0.5, 0.6) is 5.75 Å². The molecule has 0 unspecified atom stereocenters. The van der Waals surface area contributed by atoms with Crippen molar-refractivity contribution in [2.24, 2.45) is 0 Å². The number of ketones is 1. The fourth-order valence-electron chi connectivity index (χ4n) is 1.65. The van der Waals surface area contributed by atoms with Crippen LogP contribution in [0.4, 0.5) is 4.39 Å². The van der Waals surface area contributed by atoms with Gasteiger partial charge in [0.15, 0.2) is 5.78 Å². The van der Waals surface area contributed by atoms with E-state index < -0.39 is 0 Å². The second kappa shape index (κ2) is 6.48. The van der Waals surface area contributed by atoms with Crippen LogP contribution in [-0.4, -0.2) is 12.9 Å². The van der Waals surface area contributed by atoms with Crippen LogP contribution in [0.25, 0.3) is 6.08 Å². The van der Waals surface area contributed by atoms with Gasteiger partial charge >= 0.3 is 0 Å². The first-order valence-electron chi connectivity index (χ1n) is 5.91. The molecule has 0 saturated carbocycles. The highest BCUT2D eigenvalue weighted by Gasteiger charge is 2.03. The number of benzene rings is 2. The Balaban J connectivity index is 2.15. The molecule has 2 rings (SSSR count). The Hall–Kier alpha value is -1.94. The molecule has 0 N–H and O–H groups in total. The van der Waals surface area contributed by atoms with Crippen LogP contribution >= 0.6 is 15.9 Å². The van der Waals surface area contributed by atoms with E-state index in [-0.39, 0.29) is 11.6 Å². The molecule has 4 heteroatoms.